The second-order valence-corrected chi connectivity index (χ2v) is 10.3. The molecule has 1 N–H and O–H groups in total. The van der Waals surface area contributed by atoms with E-state index in [0.717, 1.165) is 38.8 Å². The first-order valence-electron chi connectivity index (χ1n) is 11.5. The average molecular weight is 439 g/mol. The van der Waals surface area contributed by atoms with Gasteiger partial charge in [0, 0.05) is 37.1 Å². The van der Waals surface area contributed by atoms with Crippen LogP contribution in [-0.4, -0.2) is 63.9 Å². The summed E-state index contributed by atoms with van der Waals surface area (Å²) in [6.07, 6.45) is 0.490. The van der Waals surface area contributed by atoms with Gasteiger partial charge in [-0.25, -0.2) is 0 Å². The van der Waals surface area contributed by atoms with Crippen LogP contribution in [0.4, 0.5) is 19.2 Å². The third kappa shape index (κ3) is 3.00. The van der Waals surface area contributed by atoms with Crippen LogP contribution in [0.5, 0.6) is 0 Å². The van der Waals surface area contributed by atoms with E-state index in [2.05, 4.69) is 25.3 Å². The zero-order chi connectivity index (χ0) is 21.5. The molecule has 3 saturated heterocycles. The Labute approximate surface area is 178 Å². The molecule has 6 rings (SSSR count). The number of hydrogen-bond acceptors (Lipinski definition) is 6. The van der Waals surface area contributed by atoms with Gasteiger partial charge in [0.2, 0.25) is 5.91 Å². The Balaban J connectivity index is 1.05. The van der Waals surface area contributed by atoms with Crippen LogP contribution in [-0.2, 0) is 4.79 Å². The highest BCUT2D eigenvalue weighted by molar-refractivity contribution is 5.83. The number of halogens is 3. The molecule has 170 valence electrons. The predicted octanol–water partition coefficient (Wildman–Crippen LogP) is 2.66. The van der Waals surface area contributed by atoms with Gasteiger partial charge in [0.15, 0.2) is 5.82 Å². The molecule has 2 bridgehead atoms. The van der Waals surface area contributed by atoms with E-state index >= 15 is 0 Å². The van der Waals surface area contributed by atoms with E-state index in [9.17, 15) is 18.0 Å². The monoisotopic (exact) mass is 439 g/mol. The molecule has 4 heterocycles. The molecule has 1 amide bonds. The molecule has 3 aliphatic heterocycles. The van der Waals surface area contributed by atoms with Crippen molar-refractivity contribution in [1.82, 2.24) is 20.4 Å². The molecule has 5 atom stereocenters. The number of nitrogens with zero attached hydrogens (tertiary/aromatic N) is 4. The lowest BCUT2D eigenvalue weighted by atomic mass is 9.76. The molecular weight excluding hydrogens is 411 g/mol. The number of anilines is 1. The molecule has 2 saturated carbocycles. The fourth-order valence-corrected chi connectivity index (χ4v) is 6.72. The second kappa shape index (κ2) is 6.59. The average Bonchev–Trinajstić information content (AvgIpc) is 2.98. The Morgan fingerprint density at radius 2 is 1.77 bits per heavy atom. The van der Waals surface area contributed by atoms with Gasteiger partial charge in [0.25, 0.3) is 0 Å². The molecule has 5 fully saturated rings. The van der Waals surface area contributed by atoms with Crippen LogP contribution in [0.25, 0.3) is 0 Å². The number of likely N-dealkylation sites (tertiary alicyclic amines) is 1. The van der Waals surface area contributed by atoms with Crippen molar-refractivity contribution in [2.75, 3.05) is 18.0 Å². The van der Waals surface area contributed by atoms with Crippen LogP contribution in [0.2, 0.25) is 0 Å². The molecule has 0 radical (unpaired) electrons. The molecule has 7 nitrogen and oxygen atoms in total. The lowest BCUT2D eigenvalue weighted by molar-refractivity contribution is -0.219. The molecule has 2 aliphatic carbocycles. The predicted molar refractivity (Wildman–Crippen MR) is 104 cm³/mol. The summed E-state index contributed by atoms with van der Waals surface area (Å²) in [6, 6.07) is 1.87. The minimum Gasteiger partial charge on any atom is -0.342 e. The topological polar surface area (TPSA) is 74.5 Å². The summed E-state index contributed by atoms with van der Waals surface area (Å²) in [4.78, 5) is 21.8. The number of alkyl halides is 3. The first kappa shape index (κ1) is 19.8. The van der Waals surface area contributed by atoms with Crippen molar-refractivity contribution < 1.29 is 22.5 Å². The summed E-state index contributed by atoms with van der Waals surface area (Å²) in [5.74, 6) is 0.441. The van der Waals surface area contributed by atoms with Crippen molar-refractivity contribution in [1.29, 1.82) is 0 Å². The highest BCUT2D eigenvalue weighted by Gasteiger charge is 2.64. The third-order valence-corrected chi connectivity index (χ3v) is 8.60. The van der Waals surface area contributed by atoms with Crippen LogP contribution in [0.3, 0.4) is 0 Å². The number of rotatable bonds is 4. The maximum absolute atomic E-state index is 13.4. The molecule has 31 heavy (non-hydrogen) atoms. The largest absolute Gasteiger partial charge is 0.411 e. The molecule has 10 heteroatoms. The van der Waals surface area contributed by atoms with Crippen molar-refractivity contribution >= 4 is 11.9 Å². The van der Waals surface area contributed by atoms with Crippen molar-refractivity contribution in [2.45, 2.75) is 81.7 Å². The lowest BCUT2D eigenvalue weighted by Crippen LogP contribution is -2.63. The van der Waals surface area contributed by atoms with Gasteiger partial charge in [0.1, 0.15) is 5.54 Å². The summed E-state index contributed by atoms with van der Waals surface area (Å²) in [6.45, 7) is 3.48. The van der Waals surface area contributed by atoms with Crippen LogP contribution >= 0.6 is 0 Å². The highest BCUT2D eigenvalue weighted by Crippen LogP contribution is 2.55. The highest BCUT2D eigenvalue weighted by atomic mass is 19.4. The molecule has 1 aromatic rings. The number of nitrogens with one attached hydrogen (secondary N) is 1. The zero-order valence-corrected chi connectivity index (χ0v) is 17.6. The number of amides is 1. The third-order valence-electron chi connectivity index (χ3n) is 8.60. The zero-order valence-electron chi connectivity index (χ0n) is 17.6. The second-order valence-electron chi connectivity index (χ2n) is 10.3. The van der Waals surface area contributed by atoms with Crippen molar-refractivity contribution in [2.24, 2.45) is 17.8 Å². The molecular formula is C21H28F3N5O2. The number of aromatic nitrogens is 2. The van der Waals surface area contributed by atoms with Gasteiger partial charge >= 0.3 is 12.2 Å². The standard InChI is InChI=1S/C21H28F3N5O2/c1-11-25-19(31-27-11)29-12-3-4-13(29)8-14(7-12)28-9-15-16(10-28)17(15)18(30)26-20(5-2-6-20)21(22,23)24/h12-17H,2-10H2,1H3,(H,26,30)/t12?,13?,14?,15-,16+,17+. The molecule has 5 aliphatic rings. The lowest BCUT2D eigenvalue weighted by Gasteiger charge is -2.44. The Morgan fingerprint density at radius 1 is 1.13 bits per heavy atom. The Kier molecular flexibility index (Phi) is 4.21. The van der Waals surface area contributed by atoms with E-state index in [0.29, 0.717) is 36.4 Å². The number of hydrogen-bond donors (Lipinski definition) is 1. The number of fused-ring (bicyclic) bond motifs is 3. The van der Waals surface area contributed by atoms with E-state index in [4.69, 9.17) is 4.52 Å². The summed E-state index contributed by atoms with van der Waals surface area (Å²) >= 11 is 0. The SMILES string of the molecule is Cc1noc(N2C3CCC2CC(N2C[C@@H]4[C@H](C2)[C@H]4C(=O)NC2(C(F)(F)F)CCC2)C3)n1. The van der Waals surface area contributed by atoms with E-state index in [1.165, 1.54) is 0 Å². The first-order valence-corrected chi connectivity index (χ1v) is 11.5. The van der Waals surface area contributed by atoms with Gasteiger partial charge < -0.3 is 14.7 Å². The molecule has 0 aromatic carbocycles. The van der Waals surface area contributed by atoms with E-state index in [1.807, 2.05) is 6.92 Å². The Bertz CT molecular complexity index is 859. The summed E-state index contributed by atoms with van der Waals surface area (Å²) in [5, 5.41) is 6.32. The smallest absolute Gasteiger partial charge is 0.342 e. The van der Waals surface area contributed by atoms with Crippen molar-refractivity contribution in [3.63, 3.8) is 0 Å². The fourth-order valence-electron chi connectivity index (χ4n) is 6.72. The van der Waals surface area contributed by atoms with Gasteiger partial charge in [-0.15, -0.1) is 0 Å². The maximum Gasteiger partial charge on any atom is 0.411 e. The Morgan fingerprint density at radius 3 is 2.26 bits per heavy atom. The quantitative estimate of drug-likeness (QED) is 0.778. The van der Waals surface area contributed by atoms with Gasteiger partial charge in [-0.3, -0.25) is 9.69 Å². The van der Waals surface area contributed by atoms with E-state index in [1.54, 1.807) is 0 Å². The Hall–Kier alpha value is -1.84. The van der Waals surface area contributed by atoms with Gasteiger partial charge in [0.05, 0.1) is 0 Å². The first-order chi connectivity index (χ1) is 14.8. The van der Waals surface area contributed by atoms with E-state index < -0.39 is 11.7 Å². The minimum absolute atomic E-state index is 0.0112. The number of carbonyl (C=O) groups excluding carboxylic acids is 1. The summed E-state index contributed by atoms with van der Waals surface area (Å²) < 4.78 is 45.6. The van der Waals surface area contributed by atoms with Crippen LogP contribution in [0, 0.1) is 24.7 Å². The fraction of sp³-hybridized carbons (Fsp3) is 0.857. The van der Waals surface area contributed by atoms with Crippen LogP contribution in [0.15, 0.2) is 4.52 Å². The van der Waals surface area contributed by atoms with Crippen LogP contribution < -0.4 is 10.2 Å². The summed E-state index contributed by atoms with van der Waals surface area (Å²) in [5.41, 5.74) is -1.97. The van der Waals surface area contributed by atoms with Gasteiger partial charge in [-0.1, -0.05) is 5.16 Å². The van der Waals surface area contributed by atoms with Crippen molar-refractivity contribution in [3.8, 4) is 0 Å². The minimum atomic E-state index is -4.36. The normalized spacial score (nSPS) is 38.6. The number of aryl methyl sites for hydroxylation is 1. The molecule has 1 aromatic heterocycles. The number of piperidine rings is 2. The van der Waals surface area contributed by atoms with Gasteiger partial charge in [-0.05, 0) is 63.7 Å². The maximum atomic E-state index is 13.4. The van der Waals surface area contributed by atoms with Crippen LogP contribution in [0.1, 0.15) is 50.8 Å². The van der Waals surface area contributed by atoms with Gasteiger partial charge in [-0.2, -0.15) is 18.2 Å². The van der Waals surface area contributed by atoms with Crippen molar-refractivity contribution in [3.05, 3.63) is 5.82 Å². The summed E-state index contributed by atoms with van der Waals surface area (Å²) in [7, 11) is 0. The number of carbonyl (C=O) groups is 1. The molecule has 2 unspecified atom stereocenters. The van der Waals surface area contributed by atoms with E-state index in [-0.39, 0.29) is 36.5 Å². The molecule has 0 spiro atoms.